The van der Waals surface area contributed by atoms with Gasteiger partial charge >= 0.3 is 0 Å². The molecule has 0 unspecified atom stereocenters. The molecule has 0 atom stereocenters. The molecule has 50 heavy (non-hydrogen) atoms. The zero-order valence-corrected chi connectivity index (χ0v) is 26.9. The number of furan rings is 1. The zero-order valence-electron chi connectivity index (χ0n) is 26.9. The number of rotatable bonds is 5. The molecule has 0 bridgehead atoms. The first-order chi connectivity index (χ1) is 24.8. The molecule has 234 valence electrons. The van der Waals surface area contributed by atoms with Gasteiger partial charge in [0.05, 0.1) is 11.0 Å². The van der Waals surface area contributed by atoms with Crippen molar-refractivity contribution in [3.05, 3.63) is 170 Å². The molecular weight excluding hydrogens is 613 g/mol. The molecule has 0 aliphatic heterocycles. The number of hydrogen-bond donors (Lipinski definition) is 0. The fraction of sp³-hybridized carbons (Fsp3) is 0. The van der Waals surface area contributed by atoms with Crippen LogP contribution in [0, 0.1) is 0 Å². The highest BCUT2D eigenvalue weighted by Crippen LogP contribution is 2.38. The molecule has 0 radical (unpaired) electrons. The van der Waals surface area contributed by atoms with Gasteiger partial charge in [0.2, 0.25) is 5.95 Å². The van der Waals surface area contributed by atoms with Gasteiger partial charge in [0.1, 0.15) is 11.2 Å². The minimum absolute atomic E-state index is 0.563. The summed E-state index contributed by atoms with van der Waals surface area (Å²) < 4.78 is 8.47. The normalized spacial score (nSPS) is 11.6. The molecule has 0 saturated heterocycles. The lowest BCUT2D eigenvalue weighted by molar-refractivity contribution is 0.669. The Labute approximate surface area is 287 Å². The predicted molar refractivity (Wildman–Crippen MR) is 203 cm³/mol. The SMILES string of the molecule is c1ccc(-c2ccc3c4ccc(-c5ccc6c(c5)oc5ccccc56)cc4n(-c4nc(-c5ccccc5)nc(-c5ccccc5)n4)c3c2)cc1. The number of benzene rings is 7. The summed E-state index contributed by atoms with van der Waals surface area (Å²) in [5.41, 5.74) is 10.1. The highest BCUT2D eigenvalue weighted by atomic mass is 16.3. The van der Waals surface area contributed by atoms with Gasteiger partial charge in [-0.3, -0.25) is 4.57 Å². The Morgan fingerprint density at radius 2 is 0.800 bits per heavy atom. The third-order valence-corrected chi connectivity index (χ3v) is 9.47. The van der Waals surface area contributed by atoms with Crippen molar-refractivity contribution in [1.29, 1.82) is 0 Å². The fourth-order valence-electron chi connectivity index (χ4n) is 7.03. The second-order valence-corrected chi connectivity index (χ2v) is 12.5. The Balaban J connectivity index is 1.25. The minimum Gasteiger partial charge on any atom is -0.456 e. The summed E-state index contributed by atoms with van der Waals surface area (Å²) in [6.07, 6.45) is 0. The van der Waals surface area contributed by atoms with Gasteiger partial charge in [0, 0.05) is 32.7 Å². The van der Waals surface area contributed by atoms with Crippen molar-refractivity contribution in [1.82, 2.24) is 19.5 Å². The standard InChI is InChI=1S/C45H28N4O/c1-4-12-29(13-5-1)32-20-23-35-36-24-21-33(34-22-25-38-37-18-10-11-19-41(37)50-42(38)28-34)27-40(36)49(39(35)26-32)45-47-43(30-14-6-2-7-15-30)46-44(48-45)31-16-8-3-9-17-31/h1-28H. The summed E-state index contributed by atoms with van der Waals surface area (Å²) in [7, 11) is 0. The number of hydrogen-bond acceptors (Lipinski definition) is 4. The van der Waals surface area contributed by atoms with Crippen LogP contribution in [0.25, 0.3) is 94.7 Å². The molecule has 7 aromatic carbocycles. The van der Waals surface area contributed by atoms with Crippen LogP contribution in [0.4, 0.5) is 0 Å². The van der Waals surface area contributed by atoms with Gasteiger partial charge in [-0.05, 0) is 52.6 Å². The lowest BCUT2D eigenvalue weighted by Crippen LogP contribution is -2.06. The summed E-state index contributed by atoms with van der Waals surface area (Å²) in [5, 5.41) is 4.48. The van der Waals surface area contributed by atoms with Crippen molar-refractivity contribution in [3.63, 3.8) is 0 Å². The summed E-state index contributed by atoms with van der Waals surface area (Å²) in [6, 6.07) is 58.7. The Hall–Kier alpha value is -6.85. The number of aromatic nitrogens is 4. The number of fused-ring (bicyclic) bond motifs is 6. The van der Waals surface area contributed by atoms with E-state index in [0.29, 0.717) is 17.6 Å². The van der Waals surface area contributed by atoms with Gasteiger partial charge < -0.3 is 4.42 Å². The summed E-state index contributed by atoms with van der Waals surface area (Å²) in [6.45, 7) is 0. The van der Waals surface area contributed by atoms with Crippen molar-refractivity contribution >= 4 is 43.7 Å². The van der Waals surface area contributed by atoms with E-state index in [9.17, 15) is 0 Å². The van der Waals surface area contributed by atoms with Crippen LogP contribution in [0.1, 0.15) is 0 Å². The lowest BCUT2D eigenvalue weighted by atomic mass is 10.0. The third kappa shape index (κ3) is 4.67. The zero-order chi connectivity index (χ0) is 33.0. The molecule has 0 aliphatic rings. The largest absolute Gasteiger partial charge is 0.456 e. The van der Waals surface area contributed by atoms with E-state index >= 15 is 0 Å². The van der Waals surface area contributed by atoms with E-state index < -0.39 is 0 Å². The summed E-state index contributed by atoms with van der Waals surface area (Å²) >= 11 is 0. The first kappa shape index (κ1) is 28.2. The van der Waals surface area contributed by atoms with Crippen LogP contribution in [0.3, 0.4) is 0 Å². The average Bonchev–Trinajstić information content (AvgIpc) is 3.73. The molecule has 5 heteroatoms. The van der Waals surface area contributed by atoms with E-state index in [1.54, 1.807) is 0 Å². The van der Waals surface area contributed by atoms with Crippen molar-refractivity contribution in [2.24, 2.45) is 0 Å². The molecule has 0 saturated carbocycles. The van der Waals surface area contributed by atoms with E-state index in [1.807, 2.05) is 78.9 Å². The maximum atomic E-state index is 6.28. The third-order valence-electron chi connectivity index (χ3n) is 9.47. The Kier molecular flexibility index (Phi) is 6.42. The van der Waals surface area contributed by atoms with E-state index in [4.69, 9.17) is 19.4 Å². The summed E-state index contributed by atoms with van der Waals surface area (Å²) in [4.78, 5) is 15.3. The highest BCUT2D eigenvalue weighted by molar-refractivity contribution is 6.11. The Morgan fingerprint density at radius 1 is 0.340 bits per heavy atom. The second kappa shape index (κ2) is 11.4. The van der Waals surface area contributed by atoms with Gasteiger partial charge in [-0.2, -0.15) is 9.97 Å². The molecule has 0 aliphatic carbocycles. The first-order valence-electron chi connectivity index (χ1n) is 16.7. The van der Waals surface area contributed by atoms with Crippen LogP contribution in [0.15, 0.2) is 174 Å². The maximum Gasteiger partial charge on any atom is 0.238 e. The molecule has 3 heterocycles. The lowest BCUT2D eigenvalue weighted by Gasteiger charge is -2.12. The monoisotopic (exact) mass is 640 g/mol. The molecule has 0 N–H and O–H groups in total. The van der Waals surface area contributed by atoms with Gasteiger partial charge in [-0.25, -0.2) is 4.98 Å². The fourth-order valence-corrected chi connectivity index (χ4v) is 7.03. The maximum absolute atomic E-state index is 6.28. The predicted octanol–water partition coefficient (Wildman–Crippen LogP) is 11.5. The second-order valence-electron chi connectivity index (χ2n) is 12.5. The number of para-hydroxylation sites is 1. The smallest absolute Gasteiger partial charge is 0.238 e. The van der Waals surface area contributed by atoms with Crippen molar-refractivity contribution in [2.45, 2.75) is 0 Å². The van der Waals surface area contributed by atoms with Gasteiger partial charge in [-0.1, -0.05) is 140 Å². The van der Waals surface area contributed by atoms with Crippen LogP contribution < -0.4 is 0 Å². The minimum atomic E-state index is 0.563. The molecule has 10 rings (SSSR count). The summed E-state index contributed by atoms with van der Waals surface area (Å²) in [5.74, 6) is 1.80. The molecule has 0 spiro atoms. The van der Waals surface area contributed by atoms with E-state index in [1.165, 1.54) is 0 Å². The quantitative estimate of drug-likeness (QED) is 0.188. The first-order valence-corrected chi connectivity index (χ1v) is 16.7. The van der Waals surface area contributed by atoms with Crippen molar-refractivity contribution in [2.75, 3.05) is 0 Å². The molecule has 3 aromatic heterocycles. The topological polar surface area (TPSA) is 56.7 Å². The molecular formula is C45H28N4O. The van der Waals surface area contributed by atoms with Gasteiger partial charge in [0.25, 0.3) is 0 Å². The molecule has 5 nitrogen and oxygen atoms in total. The van der Waals surface area contributed by atoms with Crippen LogP contribution in [0.2, 0.25) is 0 Å². The Bertz CT molecular complexity index is 2800. The molecule has 0 amide bonds. The molecule has 0 fully saturated rings. The van der Waals surface area contributed by atoms with E-state index in [-0.39, 0.29) is 0 Å². The van der Waals surface area contributed by atoms with Crippen LogP contribution in [0.5, 0.6) is 0 Å². The van der Waals surface area contributed by atoms with Gasteiger partial charge in [-0.15, -0.1) is 0 Å². The molecule has 10 aromatic rings. The van der Waals surface area contributed by atoms with Crippen LogP contribution >= 0.6 is 0 Å². The van der Waals surface area contributed by atoms with Crippen molar-refractivity contribution < 1.29 is 4.42 Å². The average molecular weight is 641 g/mol. The highest BCUT2D eigenvalue weighted by Gasteiger charge is 2.19. The van der Waals surface area contributed by atoms with Crippen LogP contribution in [-0.4, -0.2) is 19.5 Å². The Morgan fingerprint density at radius 3 is 1.40 bits per heavy atom. The van der Waals surface area contributed by atoms with E-state index in [0.717, 1.165) is 77.1 Å². The van der Waals surface area contributed by atoms with E-state index in [2.05, 4.69) is 95.6 Å². The van der Waals surface area contributed by atoms with Crippen molar-refractivity contribution in [3.8, 4) is 51.0 Å². The number of nitrogens with zero attached hydrogens (tertiary/aromatic N) is 4. The van der Waals surface area contributed by atoms with Crippen LogP contribution in [-0.2, 0) is 0 Å². The van der Waals surface area contributed by atoms with Gasteiger partial charge in [0.15, 0.2) is 11.6 Å².